The Kier molecular flexibility index (Phi) is 7.27. The summed E-state index contributed by atoms with van der Waals surface area (Å²) in [5.74, 6) is 0.711. The molecule has 34 heavy (non-hydrogen) atoms. The van der Waals surface area contributed by atoms with Crippen molar-refractivity contribution < 1.29 is 9.53 Å². The molecule has 1 heterocycles. The van der Waals surface area contributed by atoms with Crippen LogP contribution in [0.5, 0.6) is 0 Å². The largest absolute Gasteiger partial charge is 0.385 e. The van der Waals surface area contributed by atoms with Crippen molar-refractivity contribution in [3.63, 3.8) is 0 Å². The predicted molar refractivity (Wildman–Crippen MR) is 138 cm³/mol. The maximum absolute atomic E-state index is 13.5. The number of benzene rings is 3. The molecule has 1 aliphatic heterocycles. The summed E-state index contributed by atoms with van der Waals surface area (Å²) in [6.45, 7) is 4.55. The van der Waals surface area contributed by atoms with Gasteiger partial charge in [0.2, 0.25) is 0 Å². The number of hydrogen-bond donors (Lipinski definition) is 0. The third kappa shape index (κ3) is 5.18. The summed E-state index contributed by atoms with van der Waals surface area (Å²) in [6.07, 6.45) is 5.57. The first-order valence-electron chi connectivity index (χ1n) is 12.8. The second-order valence-corrected chi connectivity index (χ2v) is 9.97. The molecule has 178 valence electrons. The highest BCUT2D eigenvalue weighted by Crippen LogP contribution is 2.29. The highest BCUT2D eigenvalue weighted by Gasteiger charge is 2.31. The van der Waals surface area contributed by atoms with Gasteiger partial charge >= 0.3 is 0 Å². The zero-order valence-electron chi connectivity index (χ0n) is 20.3. The van der Waals surface area contributed by atoms with E-state index in [4.69, 9.17) is 4.74 Å². The molecule has 2 aliphatic rings. The van der Waals surface area contributed by atoms with Crippen LogP contribution in [0.25, 0.3) is 10.8 Å². The van der Waals surface area contributed by atoms with Crippen molar-refractivity contribution in [2.24, 2.45) is 5.92 Å². The zero-order valence-corrected chi connectivity index (χ0v) is 20.3. The molecule has 4 nitrogen and oxygen atoms in total. The van der Waals surface area contributed by atoms with E-state index in [-0.39, 0.29) is 5.91 Å². The van der Waals surface area contributed by atoms with E-state index in [2.05, 4.69) is 52.3 Å². The summed E-state index contributed by atoms with van der Waals surface area (Å²) in [5.41, 5.74) is 3.84. The maximum Gasteiger partial charge on any atom is 0.253 e. The topological polar surface area (TPSA) is 32.8 Å². The minimum Gasteiger partial charge on any atom is -0.385 e. The Bertz CT molecular complexity index is 1090. The van der Waals surface area contributed by atoms with Gasteiger partial charge in [0.05, 0.1) is 0 Å². The van der Waals surface area contributed by atoms with Crippen LogP contribution < -0.4 is 0 Å². The van der Waals surface area contributed by atoms with Gasteiger partial charge in [-0.25, -0.2) is 0 Å². The summed E-state index contributed by atoms with van der Waals surface area (Å²) >= 11 is 0. The fraction of sp³-hybridized carbons (Fsp3) is 0.433. The lowest BCUT2D eigenvalue weighted by Gasteiger charge is -2.38. The quantitative estimate of drug-likeness (QED) is 0.437. The van der Waals surface area contributed by atoms with Gasteiger partial charge in [-0.05, 0) is 85.1 Å². The molecule has 0 unspecified atom stereocenters. The number of likely N-dealkylation sites (tertiary alicyclic amines) is 1. The van der Waals surface area contributed by atoms with Gasteiger partial charge in [0.15, 0.2) is 0 Å². The number of ether oxygens (including phenoxy) is 1. The Balaban J connectivity index is 1.21. The number of nitrogens with zero attached hydrogens (tertiary/aromatic N) is 2. The standard InChI is InChI=1S/C30H36N2O2/c1-34-18-6-15-32(30(33)28-12-11-24-7-2-3-8-25(24)19-28)22-23-13-16-31(17-14-23)29-20-26-9-4-5-10-27(26)21-29/h2-5,7-12,19,23,29H,6,13-18,20-22H2,1H3. The van der Waals surface area contributed by atoms with Crippen molar-refractivity contribution in [3.8, 4) is 0 Å². The van der Waals surface area contributed by atoms with E-state index in [9.17, 15) is 4.79 Å². The van der Waals surface area contributed by atoms with Crippen LogP contribution in [-0.4, -0.2) is 61.6 Å². The first kappa shape index (κ1) is 23.1. The molecule has 0 saturated carbocycles. The zero-order chi connectivity index (χ0) is 23.3. The number of methoxy groups -OCH3 is 1. The minimum atomic E-state index is 0.149. The van der Waals surface area contributed by atoms with Gasteiger partial charge in [0.25, 0.3) is 5.91 Å². The maximum atomic E-state index is 13.5. The van der Waals surface area contributed by atoms with Crippen molar-refractivity contribution in [1.82, 2.24) is 9.80 Å². The molecule has 1 fully saturated rings. The summed E-state index contributed by atoms with van der Waals surface area (Å²) < 4.78 is 5.28. The SMILES string of the molecule is COCCCN(CC1CCN(C2Cc3ccccc3C2)CC1)C(=O)c1ccc2ccccc2c1. The van der Waals surface area contributed by atoms with Gasteiger partial charge < -0.3 is 9.64 Å². The predicted octanol–water partition coefficient (Wildman–Crippen LogP) is 5.20. The summed E-state index contributed by atoms with van der Waals surface area (Å²) in [6, 6.07) is 23.9. The fourth-order valence-electron chi connectivity index (χ4n) is 5.79. The molecule has 0 spiro atoms. The van der Waals surface area contributed by atoms with E-state index in [1.54, 1.807) is 7.11 Å². The van der Waals surface area contributed by atoms with E-state index in [0.717, 1.165) is 43.5 Å². The average molecular weight is 457 g/mol. The van der Waals surface area contributed by atoms with Gasteiger partial charge in [-0.15, -0.1) is 0 Å². The number of carbonyl (C=O) groups is 1. The molecule has 0 radical (unpaired) electrons. The smallest absolute Gasteiger partial charge is 0.253 e. The lowest BCUT2D eigenvalue weighted by molar-refractivity contribution is 0.0645. The molecule has 3 aromatic rings. The molecular formula is C30H36N2O2. The highest BCUT2D eigenvalue weighted by atomic mass is 16.5. The fourth-order valence-corrected chi connectivity index (χ4v) is 5.79. The number of carbonyl (C=O) groups excluding carboxylic acids is 1. The molecule has 1 saturated heterocycles. The Morgan fingerprint density at radius 2 is 1.62 bits per heavy atom. The normalized spacial score (nSPS) is 17.2. The monoisotopic (exact) mass is 456 g/mol. The second kappa shape index (κ2) is 10.7. The third-order valence-corrected chi connectivity index (χ3v) is 7.73. The van der Waals surface area contributed by atoms with Crippen molar-refractivity contribution in [1.29, 1.82) is 0 Å². The Morgan fingerprint density at radius 1 is 0.941 bits per heavy atom. The Hall–Kier alpha value is -2.69. The Labute approximate surface area is 203 Å². The van der Waals surface area contributed by atoms with Crippen LogP contribution in [0.15, 0.2) is 66.7 Å². The van der Waals surface area contributed by atoms with E-state index >= 15 is 0 Å². The van der Waals surface area contributed by atoms with Crippen LogP contribution in [0.3, 0.4) is 0 Å². The molecule has 1 aliphatic carbocycles. The van der Waals surface area contributed by atoms with Gasteiger partial charge in [-0.3, -0.25) is 9.69 Å². The van der Waals surface area contributed by atoms with E-state index < -0.39 is 0 Å². The summed E-state index contributed by atoms with van der Waals surface area (Å²) in [7, 11) is 1.73. The number of fused-ring (bicyclic) bond motifs is 2. The van der Waals surface area contributed by atoms with E-state index in [1.807, 2.05) is 24.3 Å². The number of rotatable bonds is 8. The van der Waals surface area contributed by atoms with Crippen molar-refractivity contribution in [2.75, 3.05) is 39.9 Å². The number of hydrogen-bond acceptors (Lipinski definition) is 3. The minimum absolute atomic E-state index is 0.149. The molecule has 0 atom stereocenters. The van der Waals surface area contributed by atoms with Gasteiger partial charge in [0, 0.05) is 38.4 Å². The molecule has 3 aromatic carbocycles. The summed E-state index contributed by atoms with van der Waals surface area (Å²) in [4.78, 5) is 18.3. The first-order chi connectivity index (χ1) is 16.7. The third-order valence-electron chi connectivity index (χ3n) is 7.73. The molecule has 0 aromatic heterocycles. The molecule has 0 N–H and O–H groups in total. The van der Waals surface area contributed by atoms with Crippen LogP contribution in [-0.2, 0) is 17.6 Å². The van der Waals surface area contributed by atoms with Gasteiger partial charge in [-0.1, -0.05) is 54.6 Å². The van der Waals surface area contributed by atoms with Gasteiger partial charge in [-0.2, -0.15) is 0 Å². The van der Waals surface area contributed by atoms with Crippen molar-refractivity contribution >= 4 is 16.7 Å². The highest BCUT2D eigenvalue weighted by molar-refractivity contribution is 5.98. The average Bonchev–Trinajstić information content (AvgIpc) is 3.32. The van der Waals surface area contributed by atoms with Crippen LogP contribution in [0.1, 0.15) is 40.7 Å². The van der Waals surface area contributed by atoms with Crippen molar-refractivity contribution in [2.45, 2.75) is 38.1 Å². The van der Waals surface area contributed by atoms with Crippen molar-refractivity contribution in [3.05, 3.63) is 83.4 Å². The molecule has 0 bridgehead atoms. The Morgan fingerprint density at radius 3 is 2.32 bits per heavy atom. The lowest BCUT2D eigenvalue weighted by Crippen LogP contribution is -2.45. The molecule has 1 amide bonds. The van der Waals surface area contributed by atoms with Crippen LogP contribution in [0, 0.1) is 5.92 Å². The van der Waals surface area contributed by atoms with Crippen LogP contribution in [0.2, 0.25) is 0 Å². The van der Waals surface area contributed by atoms with E-state index in [1.165, 1.54) is 42.2 Å². The van der Waals surface area contributed by atoms with Gasteiger partial charge in [0.1, 0.15) is 0 Å². The number of amides is 1. The van der Waals surface area contributed by atoms with E-state index in [0.29, 0.717) is 18.6 Å². The van der Waals surface area contributed by atoms with Crippen LogP contribution >= 0.6 is 0 Å². The lowest BCUT2D eigenvalue weighted by atomic mass is 9.94. The van der Waals surface area contributed by atoms with Crippen LogP contribution in [0.4, 0.5) is 0 Å². The molecular weight excluding hydrogens is 420 g/mol. The first-order valence-corrected chi connectivity index (χ1v) is 12.8. The summed E-state index contributed by atoms with van der Waals surface area (Å²) in [5, 5.41) is 2.29. The number of piperidine rings is 1. The second-order valence-electron chi connectivity index (χ2n) is 9.97. The molecule has 5 rings (SSSR count). The molecule has 4 heteroatoms.